The number of nitrogens with two attached hydrogens (primary N) is 1. The van der Waals surface area contributed by atoms with Gasteiger partial charge in [-0.25, -0.2) is 4.79 Å². The molecule has 9 nitrogen and oxygen atoms in total. The smallest absolute Gasteiger partial charge is 0.326 e. The third-order valence-corrected chi connectivity index (χ3v) is 5.98. The maximum Gasteiger partial charge on any atom is 0.326 e. The first kappa shape index (κ1) is 24.1. The van der Waals surface area contributed by atoms with Crippen molar-refractivity contribution in [3.8, 4) is 0 Å². The molecule has 2 saturated heterocycles. The van der Waals surface area contributed by atoms with E-state index in [9.17, 15) is 24.3 Å². The average Bonchev–Trinajstić information content (AvgIpc) is 3.34. The van der Waals surface area contributed by atoms with E-state index >= 15 is 0 Å². The molecule has 0 aromatic carbocycles. The molecule has 0 aromatic rings. The van der Waals surface area contributed by atoms with Crippen LogP contribution in [0.4, 0.5) is 0 Å². The molecule has 2 rings (SSSR count). The zero-order valence-electron chi connectivity index (χ0n) is 18.5. The second-order valence-corrected chi connectivity index (χ2v) is 9.18. The van der Waals surface area contributed by atoms with Crippen molar-refractivity contribution < 1.29 is 24.3 Å². The SMILES string of the molecule is CC(C)CC(NC(=O)C(N)C(C)C)C(=O)N1CCCC1C(=O)N1CCCC1C(=O)O. The molecule has 9 heteroatoms. The molecule has 0 spiro atoms. The Labute approximate surface area is 178 Å². The molecule has 2 aliphatic heterocycles. The number of nitrogens with zero attached hydrogens (tertiary/aromatic N) is 2. The van der Waals surface area contributed by atoms with Crippen LogP contribution in [0.15, 0.2) is 0 Å². The number of carbonyl (C=O) groups excluding carboxylic acids is 3. The molecule has 0 aliphatic carbocycles. The molecule has 4 N–H and O–H groups in total. The normalized spacial score (nSPS) is 23.7. The molecule has 2 aliphatic rings. The highest BCUT2D eigenvalue weighted by Gasteiger charge is 2.43. The van der Waals surface area contributed by atoms with Crippen molar-refractivity contribution in [3.05, 3.63) is 0 Å². The van der Waals surface area contributed by atoms with E-state index < -0.39 is 30.1 Å². The van der Waals surface area contributed by atoms with Crippen molar-refractivity contribution in [2.75, 3.05) is 13.1 Å². The van der Waals surface area contributed by atoms with Gasteiger partial charge in [0.2, 0.25) is 17.7 Å². The van der Waals surface area contributed by atoms with Crippen molar-refractivity contribution in [2.45, 2.75) is 84.0 Å². The van der Waals surface area contributed by atoms with Gasteiger partial charge in [0.25, 0.3) is 0 Å². The first-order chi connectivity index (χ1) is 14.0. The van der Waals surface area contributed by atoms with Crippen molar-refractivity contribution in [1.29, 1.82) is 0 Å². The minimum atomic E-state index is -1.01. The number of aliphatic carboxylic acids is 1. The zero-order valence-corrected chi connectivity index (χ0v) is 18.5. The van der Waals surface area contributed by atoms with Gasteiger partial charge in [-0.2, -0.15) is 0 Å². The Morgan fingerprint density at radius 1 is 1.00 bits per heavy atom. The van der Waals surface area contributed by atoms with Gasteiger partial charge in [-0.1, -0.05) is 27.7 Å². The lowest BCUT2D eigenvalue weighted by atomic mass is 9.99. The molecular formula is C21H36N4O5. The lowest BCUT2D eigenvalue weighted by Gasteiger charge is -2.33. The maximum atomic E-state index is 13.3. The van der Waals surface area contributed by atoms with Gasteiger partial charge in [-0.3, -0.25) is 14.4 Å². The number of hydrogen-bond acceptors (Lipinski definition) is 5. The molecule has 0 radical (unpaired) electrons. The standard InChI is InChI=1S/C21H36N4O5/c1-12(2)11-14(23-18(26)17(22)13(3)4)19(27)24-9-5-7-15(24)20(28)25-10-6-8-16(25)21(29)30/h12-17H,5-11,22H2,1-4H3,(H,23,26)(H,29,30). The molecule has 170 valence electrons. The van der Waals surface area contributed by atoms with Crippen molar-refractivity contribution >= 4 is 23.7 Å². The summed E-state index contributed by atoms with van der Waals surface area (Å²) in [5.41, 5.74) is 5.94. The first-order valence-corrected chi connectivity index (χ1v) is 10.9. The number of hydrogen-bond donors (Lipinski definition) is 3. The number of likely N-dealkylation sites (tertiary alicyclic amines) is 2. The number of amides is 3. The Hall–Kier alpha value is -2.16. The fraction of sp³-hybridized carbons (Fsp3) is 0.810. The minimum absolute atomic E-state index is 0.0657. The molecule has 0 bridgehead atoms. The topological polar surface area (TPSA) is 133 Å². The van der Waals surface area contributed by atoms with Gasteiger partial charge in [-0.05, 0) is 43.9 Å². The molecule has 4 atom stereocenters. The van der Waals surface area contributed by atoms with E-state index in [1.54, 1.807) is 0 Å². The molecule has 0 aromatic heterocycles. The number of carboxylic acids is 1. The van der Waals surface area contributed by atoms with E-state index in [-0.39, 0.29) is 29.6 Å². The van der Waals surface area contributed by atoms with Gasteiger partial charge in [0.05, 0.1) is 6.04 Å². The summed E-state index contributed by atoms with van der Waals surface area (Å²) in [6.45, 7) is 8.42. The Bertz CT molecular complexity index is 666. The van der Waals surface area contributed by atoms with E-state index in [2.05, 4.69) is 5.32 Å². The Morgan fingerprint density at radius 2 is 1.57 bits per heavy atom. The van der Waals surface area contributed by atoms with Crippen LogP contribution in [0.3, 0.4) is 0 Å². The lowest BCUT2D eigenvalue weighted by Crippen LogP contribution is -2.57. The third kappa shape index (κ3) is 5.50. The number of rotatable bonds is 8. The second kappa shape index (κ2) is 10.2. The second-order valence-electron chi connectivity index (χ2n) is 9.18. The van der Waals surface area contributed by atoms with Gasteiger partial charge in [0, 0.05) is 13.1 Å². The van der Waals surface area contributed by atoms with Crippen LogP contribution in [0.5, 0.6) is 0 Å². The zero-order chi connectivity index (χ0) is 22.6. The molecule has 4 unspecified atom stereocenters. The predicted octanol–water partition coefficient (Wildman–Crippen LogP) is 0.567. The van der Waals surface area contributed by atoms with Crippen LogP contribution in [0, 0.1) is 11.8 Å². The van der Waals surface area contributed by atoms with E-state index in [1.165, 1.54) is 9.80 Å². The summed E-state index contributed by atoms with van der Waals surface area (Å²) in [4.78, 5) is 53.3. The van der Waals surface area contributed by atoms with Gasteiger partial charge < -0.3 is 26.0 Å². The quantitative estimate of drug-likeness (QED) is 0.522. The van der Waals surface area contributed by atoms with Crippen LogP contribution < -0.4 is 11.1 Å². The number of carboxylic acid groups (broad SMARTS) is 1. The van der Waals surface area contributed by atoms with Crippen LogP contribution >= 0.6 is 0 Å². The van der Waals surface area contributed by atoms with Crippen LogP contribution in [0.25, 0.3) is 0 Å². The van der Waals surface area contributed by atoms with Gasteiger partial charge in [-0.15, -0.1) is 0 Å². The predicted molar refractivity (Wildman–Crippen MR) is 111 cm³/mol. The molecule has 0 saturated carbocycles. The molecule has 2 heterocycles. The summed E-state index contributed by atoms with van der Waals surface area (Å²) >= 11 is 0. The number of nitrogens with one attached hydrogen (secondary N) is 1. The highest BCUT2D eigenvalue weighted by atomic mass is 16.4. The fourth-order valence-corrected chi connectivity index (χ4v) is 4.23. The minimum Gasteiger partial charge on any atom is -0.480 e. The molecule has 3 amide bonds. The van der Waals surface area contributed by atoms with E-state index in [1.807, 2.05) is 27.7 Å². The maximum absolute atomic E-state index is 13.3. The fourth-order valence-electron chi connectivity index (χ4n) is 4.23. The summed E-state index contributed by atoms with van der Waals surface area (Å²) < 4.78 is 0. The Morgan fingerprint density at radius 3 is 2.10 bits per heavy atom. The average molecular weight is 425 g/mol. The Kier molecular flexibility index (Phi) is 8.23. The molecular weight excluding hydrogens is 388 g/mol. The highest BCUT2D eigenvalue weighted by molar-refractivity contribution is 5.94. The summed E-state index contributed by atoms with van der Waals surface area (Å²) in [6, 6.07) is -2.98. The summed E-state index contributed by atoms with van der Waals surface area (Å²) in [5, 5.41) is 12.2. The van der Waals surface area contributed by atoms with Crippen molar-refractivity contribution in [1.82, 2.24) is 15.1 Å². The number of carbonyl (C=O) groups is 4. The largest absolute Gasteiger partial charge is 0.480 e. The van der Waals surface area contributed by atoms with Crippen LogP contribution in [0.2, 0.25) is 0 Å². The van der Waals surface area contributed by atoms with Crippen LogP contribution in [-0.4, -0.2) is 75.9 Å². The van der Waals surface area contributed by atoms with E-state index in [0.29, 0.717) is 45.2 Å². The van der Waals surface area contributed by atoms with Crippen molar-refractivity contribution in [2.24, 2.45) is 17.6 Å². The van der Waals surface area contributed by atoms with Crippen LogP contribution in [-0.2, 0) is 19.2 Å². The molecule has 2 fully saturated rings. The molecule has 30 heavy (non-hydrogen) atoms. The summed E-state index contributed by atoms with van der Waals surface area (Å²) in [5.74, 6) is -1.90. The van der Waals surface area contributed by atoms with Gasteiger partial charge in [0.15, 0.2) is 0 Å². The Balaban J connectivity index is 2.16. The van der Waals surface area contributed by atoms with Gasteiger partial charge >= 0.3 is 5.97 Å². The first-order valence-electron chi connectivity index (χ1n) is 10.9. The third-order valence-electron chi connectivity index (χ3n) is 5.98. The van der Waals surface area contributed by atoms with Crippen molar-refractivity contribution in [3.63, 3.8) is 0 Å². The van der Waals surface area contributed by atoms with E-state index in [4.69, 9.17) is 5.73 Å². The lowest BCUT2D eigenvalue weighted by molar-refractivity contribution is -0.152. The van der Waals surface area contributed by atoms with Gasteiger partial charge in [0.1, 0.15) is 18.1 Å². The summed E-state index contributed by atoms with van der Waals surface area (Å²) in [7, 11) is 0. The van der Waals surface area contributed by atoms with E-state index in [0.717, 1.165) is 0 Å². The van der Waals surface area contributed by atoms with Crippen LogP contribution in [0.1, 0.15) is 59.8 Å². The monoisotopic (exact) mass is 424 g/mol. The highest BCUT2D eigenvalue weighted by Crippen LogP contribution is 2.26. The summed E-state index contributed by atoms with van der Waals surface area (Å²) in [6.07, 6.45) is 2.68.